The number of carboxylic acid groups (broad SMARTS) is 1. The van der Waals surface area contributed by atoms with Crippen LogP contribution in [0.2, 0.25) is 0 Å². The van der Waals surface area contributed by atoms with E-state index in [1.165, 1.54) is 13.0 Å². The molecule has 1 aromatic heterocycles. The molecule has 0 amide bonds. The summed E-state index contributed by atoms with van der Waals surface area (Å²) in [5.74, 6) is -1.39. The van der Waals surface area contributed by atoms with E-state index in [0.717, 1.165) is 11.4 Å². The number of carbonyl (C=O) groups is 2. The number of hydrogen-bond donors (Lipinski definition) is 1. The van der Waals surface area contributed by atoms with Gasteiger partial charge in [-0.1, -0.05) is 13.0 Å². The average Bonchev–Trinajstić information content (AvgIpc) is 2.97. The van der Waals surface area contributed by atoms with E-state index < -0.39 is 11.9 Å². The van der Waals surface area contributed by atoms with Crippen molar-refractivity contribution in [2.45, 2.75) is 20.8 Å². The van der Waals surface area contributed by atoms with Crippen LogP contribution >= 0.6 is 0 Å². The van der Waals surface area contributed by atoms with Gasteiger partial charge in [-0.25, -0.2) is 9.78 Å². The monoisotopic (exact) mass is 328 g/mol. The van der Waals surface area contributed by atoms with Crippen LogP contribution in [0.25, 0.3) is 11.8 Å². The lowest BCUT2D eigenvalue weighted by Gasteiger charge is -2.12. The number of nitrogens with zero attached hydrogens (tertiary/aromatic N) is 2. The van der Waals surface area contributed by atoms with Crippen molar-refractivity contribution in [3.63, 3.8) is 0 Å². The zero-order chi connectivity index (χ0) is 17.9. The second-order valence-electron chi connectivity index (χ2n) is 5.59. The zero-order valence-electron chi connectivity index (χ0n) is 14.1. The van der Waals surface area contributed by atoms with Crippen molar-refractivity contribution in [1.29, 1.82) is 0 Å². The molecule has 0 aliphatic rings. The van der Waals surface area contributed by atoms with E-state index in [1.54, 1.807) is 32.5 Å². The van der Waals surface area contributed by atoms with E-state index in [1.807, 2.05) is 23.8 Å². The van der Waals surface area contributed by atoms with E-state index in [2.05, 4.69) is 4.98 Å². The van der Waals surface area contributed by atoms with Crippen LogP contribution in [-0.2, 0) is 9.59 Å². The van der Waals surface area contributed by atoms with Gasteiger partial charge in [-0.3, -0.25) is 4.79 Å². The first-order valence-electron chi connectivity index (χ1n) is 7.47. The number of imidazole rings is 1. The molecule has 0 fully saturated rings. The number of benzene rings is 1. The summed E-state index contributed by atoms with van der Waals surface area (Å²) in [5.41, 5.74) is 2.38. The van der Waals surface area contributed by atoms with Crippen LogP contribution in [0.4, 0.5) is 0 Å². The molecule has 2 aromatic rings. The molecule has 0 bridgehead atoms. The Morgan fingerprint density at radius 3 is 2.58 bits per heavy atom. The summed E-state index contributed by atoms with van der Waals surface area (Å²) in [6.07, 6.45) is 5.05. The molecule has 6 nitrogen and oxygen atoms in total. The Balaban J connectivity index is 2.47. The zero-order valence-corrected chi connectivity index (χ0v) is 14.1. The van der Waals surface area contributed by atoms with Gasteiger partial charge in [-0.15, -0.1) is 0 Å². The van der Waals surface area contributed by atoms with Gasteiger partial charge in [0.2, 0.25) is 0 Å². The quantitative estimate of drug-likeness (QED) is 0.825. The van der Waals surface area contributed by atoms with E-state index in [-0.39, 0.29) is 11.4 Å². The topological polar surface area (TPSA) is 81.4 Å². The lowest BCUT2D eigenvalue weighted by molar-refractivity contribution is -0.134. The van der Waals surface area contributed by atoms with Crippen molar-refractivity contribution >= 4 is 17.8 Å². The third kappa shape index (κ3) is 3.71. The number of methoxy groups -OCH3 is 1. The Labute approximate surface area is 140 Å². The van der Waals surface area contributed by atoms with E-state index in [9.17, 15) is 14.7 Å². The van der Waals surface area contributed by atoms with Gasteiger partial charge in [0, 0.05) is 17.7 Å². The highest BCUT2D eigenvalue weighted by Gasteiger charge is 2.20. The van der Waals surface area contributed by atoms with E-state index >= 15 is 0 Å². The predicted molar refractivity (Wildman–Crippen MR) is 90.3 cm³/mol. The number of carboxylic acids is 1. The third-order valence-electron chi connectivity index (χ3n) is 3.84. The minimum absolute atomic E-state index is 0.0516. The molecule has 0 aliphatic carbocycles. The summed E-state index contributed by atoms with van der Waals surface area (Å²) < 4.78 is 7.24. The molecule has 6 heteroatoms. The van der Waals surface area contributed by atoms with Crippen molar-refractivity contribution in [2.24, 2.45) is 5.92 Å². The summed E-state index contributed by atoms with van der Waals surface area (Å²) in [4.78, 5) is 27.1. The predicted octanol–water partition coefficient (Wildman–Crippen LogP) is 2.88. The molecule has 0 aliphatic heterocycles. The molecule has 0 saturated heterocycles. The lowest BCUT2D eigenvalue weighted by atomic mass is 9.95. The number of carbonyl (C=O) groups excluding carboxylic acids is 1. The molecular formula is C18H20N2O4. The number of aryl methyl sites for hydroxylation is 1. The average molecular weight is 328 g/mol. The second-order valence-corrected chi connectivity index (χ2v) is 5.59. The summed E-state index contributed by atoms with van der Waals surface area (Å²) in [6, 6.07) is 5.34. The molecule has 126 valence electrons. The molecule has 1 unspecified atom stereocenters. The number of ether oxygens (including phenoxy) is 1. The van der Waals surface area contributed by atoms with Gasteiger partial charge >= 0.3 is 5.97 Å². The van der Waals surface area contributed by atoms with Crippen LogP contribution in [0.5, 0.6) is 5.75 Å². The molecule has 0 radical (unpaired) electrons. The van der Waals surface area contributed by atoms with Gasteiger partial charge in [0.05, 0.1) is 24.8 Å². The molecule has 1 heterocycles. The first kappa shape index (κ1) is 17.5. The van der Waals surface area contributed by atoms with Gasteiger partial charge in [-0.05, 0) is 37.6 Å². The van der Waals surface area contributed by atoms with Crippen LogP contribution in [0.1, 0.15) is 25.1 Å². The maximum Gasteiger partial charge on any atom is 0.332 e. The number of ketones is 1. The maximum absolute atomic E-state index is 11.5. The van der Waals surface area contributed by atoms with Crippen molar-refractivity contribution in [3.8, 4) is 11.4 Å². The van der Waals surface area contributed by atoms with Gasteiger partial charge < -0.3 is 14.4 Å². The molecule has 24 heavy (non-hydrogen) atoms. The SMILES string of the molecule is COc1cc(/C=C(/C(=O)O)C(C)C(C)=O)ccc1-n1cnc(C)c1. The maximum atomic E-state index is 11.5. The summed E-state index contributed by atoms with van der Waals surface area (Å²) in [6.45, 7) is 4.86. The number of hydrogen-bond acceptors (Lipinski definition) is 4. The van der Waals surface area contributed by atoms with E-state index in [0.29, 0.717) is 11.3 Å². The number of Topliss-reactive ketones (excluding diaryl/α,β-unsaturated/α-hetero) is 1. The largest absolute Gasteiger partial charge is 0.495 e. The first-order chi connectivity index (χ1) is 11.3. The first-order valence-corrected chi connectivity index (χ1v) is 7.47. The summed E-state index contributed by atoms with van der Waals surface area (Å²) in [7, 11) is 1.55. The highest BCUT2D eigenvalue weighted by molar-refractivity contribution is 5.99. The Morgan fingerprint density at radius 2 is 2.08 bits per heavy atom. The van der Waals surface area contributed by atoms with Crippen LogP contribution < -0.4 is 4.74 Å². The van der Waals surface area contributed by atoms with Gasteiger partial charge in [0.1, 0.15) is 11.5 Å². The van der Waals surface area contributed by atoms with Gasteiger partial charge in [0.15, 0.2) is 0 Å². The summed E-state index contributed by atoms with van der Waals surface area (Å²) >= 11 is 0. The number of aliphatic carboxylic acids is 1. The van der Waals surface area contributed by atoms with Crippen molar-refractivity contribution < 1.29 is 19.4 Å². The standard InChI is InChI=1S/C18H20N2O4/c1-11-9-20(10-19-11)16-6-5-14(8-17(16)24-4)7-15(18(22)23)12(2)13(3)21/h5-10,12H,1-4H3,(H,22,23)/b15-7+. The number of rotatable bonds is 6. The molecule has 1 N–H and O–H groups in total. The fourth-order valence-corrected chi connectivity index (χ4v) is 2.32. The Bertz CT molecular complexity index is 805. The molecule has 1 atom stereocenters. The molecule has 0 saturated carbocycles. The second kappa shape index (κ2) is 7.12. The number of aromatic nitrogens is 2. The lowest BCUT2D eigenvalue weighted by Crippen LogP contribution is -2.16. The molecular weight excluding hydrogens is 308 g/mol. The Kier molecular flexibility index (Phi) is 5.18. The van der Waals surface area contributed by atoms with Gasteiger partial charge in [0.25, 0.3) is 0 Å². The smallest absolute Gasteiger partial charge is 0.332 e. The fraction of sp³-hybridized carbons (Fsp3) is 0.278. The Hall–Kier alpha value is -2.89. The molecule has 1 aromatic carbocycles. The highest BCUT2D eigenvalue weighted by atomic mass is 16.5. The van der Waals surface area contributed by atoms with Crippen LogP contribution in [-0.4, -0.2) is 33.5 Å². The van der Waals surface area contributed by atoms with Gasteiger partial charge in [-0.2, -0.15) is 0 Å². The summed E-state index contributed by atoms with van der Waals surface area (Å²) in [5, 5.41) is 9.35. The molecule has 2 rings (SSSR count). The minimum Gasteiger partial charge on any atom is -0.495 e. The van der Waals surface area contributed by atoms with Crippen molar-refractivity contribution in [1.82, 2.24) is 9.55 Å². The van der Waals surface area contributed by atoms with Crippen LogP contribution in [0.3, 0.4) is 0 Å². The normalized spacial score (nSPS) is 12.8. The minimum atomic E-state index is -1.11. The van der Waals surface area contributed by atoms with Crippen LogP contribution in [0.15, 0.2) is 36.3 Å². The van der Waals surface area contributed by atoms with Crippen molar-refractivity contribution in [2.75, 3.05) is 7.11 Å². The highest BCUT2D eigenvalue weighted by Crippen LogP contribution is 2.26. The van der Waals surface area contributed by atoms with Crippen LogP contribution in [0, 0.1) is 12.8 Å². The van der Waals surface area contributed by atoms with Crippen molar-refractivity contribution in [3.05, 3.63) is 47.6 Å². The fourth-order valence-electron chi connectivity index (χ4n) is 2.32. The third-order valence-corrected chi connectivity index (χ3v) is 3.84. The Morgan fingerprint density at radius 1 is 1.38 bits per heavy atom. The van der Waals surface area contributed by atoms with E-state index in [4.69, 9.17) is 4.74 Å². The molecule has 0 spiro atoms.